The average Bonchev–Trinajstić information content (AvgIpc) is 3.22. The Labute approximate surface area is 175 Å². The van der Waals surface area contributed by atoms with Gasteiger partial charge in [-0.3, -0.25) is 4.79 Å². The van der Waals surface area contributed by atoms with E-state index in [2.05, 4.69) is 5.32 Å². The molecule has 1 aromatic heterocycles. The molecule has 3 rings (SSSR count). The van der Waals surface area contributed by atoms with Crippen LogP contribution in [-0.4, -0.2) is 39.8 Å². The first-order valence-electron chi connectivity index (χ1n) is 8.99. The van der Waals surface area contributed by atoms with E-state index in [0.717, 1.165) is 4.31 Å². The summed E-state index contributed by atoms with van der Waals surface area (Å²) in [6, 6.07) is 16.6. The summed E-state index contributed by atoms with van der Waals surface area (Å²) in [6.45, 7) is 0.164. The second-order valence-corrected chi connectivity index (χ2v) is 8.62. The number of furan rings is 1. The van der Waals surface area contributed by atoms with Crippen LogP contribution in [-0.2, 0) is 16.6 Å². The van der Waals surface area contributed by atoms with Crippen LogP contribution in [0.4, 0.5) is 5.69 Å². The smallest absolute Gasteiger partial charge is 0.291 e. The van der Waals surface area contributed by atoms with Crippen molar-refractivity contribution in [3.8, 4) is 11.5 Å². The second-order valence-electron chi connectivity index (χ2n) is 6.47. The Morgan fingerprint density at radius 1 is 1.07 bits per heavy atom. The number of anilines is 1. The molecule has 0 spiro atoms. The molecule has 0 unspecified atom stereocenters. The van der Waals surface area contributed by atoms with Gasteiger partial charge < -0.3 is 19.2 Å². The molecule has 1 N–H and O–H groups in total. The zero-order valence-electron chi connectivity index (χ0n) is 16.8. The molecule has 30 heavy (non-hydrogen) atoms. The molecule has 0 fully saturated rings. The van der Waals surface area contributed by atoms with Crippen molar-refractivity contribution in [1.82, 2.24) is 4.31 Å². The fourth-order valence-corrected chi connectivity index (χ4v) is 3.52. The lowest BCUT2D eigenvalue weighted by Gasteiger charge is -2.14. The van der Waals surface area contributed by atoms with Crippen molar-refractivity contribution < 1.29 is 27.1 Å². The minimum absolute atomic E-state index is 0.0278. The first kappa shape index (κ1) is 21.4. The average molecular weight is 430 g/mol. The van der Waals surface area contributed by atoms with E-state index in [1.54, 1.807) is 6.07 Å². The standard InChI is InChI=1S/C21H22N2O6S/c1-23(2)30(25,26)17-10-12-19(27-3)18(13-17)22-21(24)20-11-9-16(29-20)14-28-15-7-5-4-6-8-15/h4-13H,14H2,1-3H3,(H,22,24). The Hall–Kier alpha value is -3.30. The third kappa shape index (κ3) is 4.81. The second kappa shape index (κ2) is 9.02. The molecule has 0 aliphatic rings. The number of rotatable bonds is 8. The number of nitrogens with zero attached hydrogens (tertiary/aromatic N) is 1. The molecule has 9 heteroatoms. The quantitative estimate of drug-likeness (QED) is 0.588. The van der Waals surface area contributed by atoms with Gasteiger partial charge in [0.15, 0.2) is 5.76 Å². The Morgan fingerprint density at radius 2 is 1.80 bits per heavy atom. The number of methoxy groups -OCH3 is 1. The SMILES string of the molecule is COc1ccc(S(=O)(=O)N(C)C)cc1NC(=O)c1ccc(COc2ccccc2)o1. The molecule has 0 aliphatic heterocycles. The predicted molar refractivity (Wildman–Crippen MR) is 111 cm³/mol. The first-order valence-corrected chi connectivity index (χ1v) is 10.4. The molecule has 0 bridgehead atoms. The highest BCUT2D eigenvalue weighted by Crippen LogP contribution is 2.29. The van der Waals surface area contributed by atoms with Gasteiger partial charge >= 0.3 is 0 Å². The summed E-state index contributed by atoms with van der Waals surface area (Å²) in [5.74, 6) is 0.993. The van der Waals surface area contributed by atoms with E-state index < -0.39 is 15.9 Å². The van der Waals surface area contributed by atoms with Crippen LogP contribution in [0.15, 0.2) is 70.0 Å². The fraction of sp³-hybridized carbons (Fsp3) is 0.190. The van der Waals surface area contributed by atoms with Gasteiger partial charge in [-0.25, -0.2) is 12.7 Å². The van der Waals surface area contributed by atoms with Crippen molar-refractivity contribution in [2.75, 3.05) is 26.5 Å². The molecular formula is C21H22N2O6S. The topological polar surface area (TPSA) is 98.1 Å². The maximum Gasteiger partial charge on any atom is 0.291 e. The van der Waals surface area contributed by atoms with Gasteiger partial charge in [0.25, 0.3) is 5.91 Å². The van der Waals surface area contributed by atoms with Crippen molar-refractivity contribution in [2.45, 2.75) is 11.5 Å². The Balaban J connectivity index is 1.75. The van der Waals surface area contributed by atoms with Crippen molar-refractivity contribution >= 4 is 21.6 Å². The number of nitrogens with one attached hydrogen (secondary N) is 1. The van der Waals surface area contributed by atoms with Crippen LogP contribution in [0, 0.1) is 0 Å². The number of para-hydroxylation sites is 1. The Bertz CT molecular complexity index is 1120. The van der Waals surface area contributed by atoms with Gasteiger partial charge in [-0.15, -0.1) is 0 Å². The fourth-order valence-electron chi connectivity index (χ4n) is 2.59. The summed E-state index contributed by atoms with van der Waals surface area (Å²) >= 11 is 0. The maximum atomic E-state index is 12.6. The molecule has 1 heterocycles. The highest BCUT2D eigenvalue weighted by molar-refractivity contribution is 7.89. The zero-order chi connectivity index (χ0) is 21.7. The molecule has 0 radical (unpaired) electrons. The summed E-state index contributed by atoms with van der Waals surface area (Å²) < 4.78 is 42.2. The maximum absolute atomic E-state index is 12.6. The van der Waals surface area contributed by atoms with E-state index in [4.69, 9.17) is 13.9 Å². The summed E-state index contributed by atoms with van der Waals surface area (Å²) in [6.07, 6.45) is 0. The summed E-state index contributed by atoms with van der Waals surface area (Å²) in [7, 11) is 0.620. The zero-order valence-corrected chi connectivity index (χ0v) is 17.6. The number of sulfonamides is 1. The normalized spacial score (nSPS) is 11.3. The van der Waals surface area contributed by atoms with Crippen LogP contribution in [0.1, 0.15) is 16.3 Å². The van der Waals surface area contributed by atoms with Gasteiger partial charge in [-0.05, 0) is 42.5 Å². The van der Waals surface area contributed by atoms with E-state index in [1.165, 1.54) is 45.5 Å². The monoisotopic (exact) mass is 430 g/mol. The highest BCUT2D eigenvalue weighted by Gasteiger charge is 2.21. The molecule has 3 aromatic rings. The third-order valence-electron chi connectivity index (χ3n) is 4.21. The molecule has 1 amide bonds. The lowest BCUT2D eigenvalue weighted by molar-refractivity contribution is 0.0992. The minimum Gasteiger partial charge on any atom is -0.495 e. The third-order valence-corrected chi connectivity index (χ3v) is 6.02. The van der Waals surface area contributed by atoms with Crippen LogP contribution >= 0.6 is 0 Å². The molecule has 2 aromatic carbocycles. The largest absolute Gasteiger partial charge is 0.495 e. The van der Waals surface area contributed by atoms with E-state index in [-0.39, 0.29) is 22.9 Å². The molecule has 8 nitrogen and oxygen atoms in total. The van der Waals surface area contributed by atoms with E-state index >= 15 is 0 Å². The van der Waals surface area contributed by atoms with Gasteiger partial charge in [-0.2, -0.15) is 0 Å². The highest BCUT2D eigenvalue weighted by atomic mass is 32.2. The van der Waals surface area contributed by atoms with Gasteiger partial charge in [0.05, 0.1) is 17.7 Å². The molecule has 0 saturated heterocycles. The number of hydrogen-bond donors (Lipinski definition) is 1. The van der Waals surface area contributed by atoms with Crippen LogP contribution < -0.4 is 14.8 Å². The number of carbonyl (C=O) groups is 1. The first-order chi connectivity index (χ1) is 14.3. The Morgan fingerprint density at radius 3 is 2.47 bits per heavy atom. The molecule has 158 valence electrons. The molecule has 0 saturated carbocycles. The number of benzene rings is 2. The molecule has 0 atom stereocenters. The molecular weight excluding hydrogens is 408 g/mol. The summed E-state index contributed by atoms with van der Waals surface area (Å²) in [4.78, 5) is 12.6. The number of ether oxygens (including phenoxy) is 2. The minimum atomic E-state index is -3.67. The predicted octanol–water partition coefficient (Wildman–Crippen LogP) is 3.37. The van der Waals surface area contributed by atoms with E-state index in [1.807, 2.05) is 30.3 Å². The number of amides is 1. The van der Waals surface area contributed by atoms with E-state index in [0.29, 0.717) is 17.3 Å². The van der Waals surface area contributed by atoms with Gasteiger partial charge in [0, 0.05) is 14.1 Å². The van der Waals surface area contributed by atoms with Crippen molar-refractivity contribution in [3.63, 3.8) is 0 Å². The van der Waals surface area contributed by atoms with E-state index in [9.17, 15) is 13.2 Å². The Kier molecular flexibility index (Phi) is 6.43. The lowest BCUT2D eigenvalue weighted by atomic mass is 10.3. The van der Waals surface area contributed by atoms with Crippen molar-refractivity contribution in [1.29, 1.82) is 0 Å². The van der Waals surface area contributed by atoms with Crippen molar-refractivity contribution in [2.24, 2.45) is 0 Å². The molecule has 0 aliphatic carbocycles. The summed E-state index contributed by atoms with van der Waals surface area (Å²) in [5.41, 5.74) is 0.212. The van der Waals surface area contributed by atoms with Crippen LogP contribution in [0.3, 0.4) is 0 Å². The lowest BCUT2D eigenvalue weighted by Crippen LogP contribution is -2.22. The van der Waals surface area contributed by atoms with Crippen LogP contribution in [0.25, 0.3) is 0 Å². The van der Waals surface area contributed by atoms with Crippen LogP contribution in [0.5, 0.6) is 11.5 Å². The number of hydrogen-bond acceptors (Lipinski definition) is 6. The van der Waals surface area contributed by atoms with Gasteiger partial charge in [0.2, 0.25) is 10.0 Å². The van der Waals surface area contributed by atoms with Gasteiger partial charge in [0.1, 0.15) is 23.9 Å². The summed E-state index contributed by atoms with van der Waals surface area (Å²) in [5, 5.41) is 2.63. The van der Waals surface area contributed by atoms with Crippen LogP contribution in [0.2, 0.25) is 0 Å². The van der Waals surface area contributed by atoms with Gasteiger partial charge in [-0.1, -0.05) is 18.2 Å². The number of carbonyl (C=O) groups excluding carboxylic acids is 1. The van der Waals surface area contributed by atoms with Crippen molar-refractivity contribution in [3.05, 3.63) is 72.2 Å².